The Bertz CT molecular complexity index is 531. The second-order valence-electron chi connectivity index (χ2n) is 3.99. The van der Waals surface area contributed by atoms with Gasteiger partial charge in [0.1, 0.15) is 5.82 Å². The molecule has 0 atom stereocenters. The van der Waals surface area contributed by atoms with Gasteiger partial charge in [-0.15, -0.1) is 0 Å². The molecule has 1 aromatic heterocycles. The maximum absolute atomic E-state index is 11.5. The molecule has 0 bridgehead atoms. The van der Waals surface area contributed by atoms with Gasteiger partial charge >= 0.3 is 5.69 Å². The van der Waals surface area contributed by atoms with Gasteiger partial charge in [-0.05, 0) is 5.56 Å². The number of hydrogen-bond acceptors (Lipinski definition) is 3. The van der Waals surface area contributed by atoms with Gasteiger partial charge in [-0.2, -0.15) is 5.10 Å². The van der Waals surface area contributed by atoms with E-state index in [9.17, 15) is 4.79 Å². The average Bonchev–Trinajstić information content (AvgIpc) is 2.77. The number of H-pyrrole nitrogens is 1. The Morgan fingerprint density at radius 2 is 2.11 bits per heavy atom. The topological polar surface area (TPSA) is 59.9 Å². The van der Waals surface area contributed by atoms with Gasteiger partial charge in [0, 0.05) is 6.42 Å². The van der Waals surface area contributed by atoms with Crippen LogP contribution < -0.4 is 5.69 Å². The molecule has 0 amide bonds. The molecule has 0 aliphatic rings. The first-order valence-corrected chi connectivity index (χ1v) is 6.07. The van der Waals surface area contributed by atoms with Crippen molar-refractivity contribution in [2.45, 2.75) is 26.5 Å². The van der Waals surface area contributed by atoms with Crippen LogP contribution in [0.5, 0.6) is 0 Å². The molecule has 0 saturated heterocycles. The lowest BCUT2D eigenvalue weighted by Crippen LogP contribution is -2.21. The molecule has 0 unspecified atom stereocenters. The Hall–Kier alpha value is -1.88. The number of rotatable bonds is 6. The lowest BCUT2D eigenvalue weighted by atomic mass is 10.2. The van der Waals surface area contributed by atoms with Gasteiger partial charge in [0.2, 0.25) is 0 Å². The first kappa shape index (κ1) is 12.6. The van der Waals surface area contributed by atoms with Crippen molar-refractivity contribution in [3.8, 4) is 0 Å². The molecule has 18 heavy (non-hydrogen) atoms. The standard InChI is InChI=1S/C13H17N3O2/c1-2-12-14-15-13(17)16(12)8-9-18-10-11-6-4-3-5-7-11/h3-7H,2,8-10H2,1H3,(H,15,17). The number of aromatic amines is 1. The molecule has 5 nitrogen and oxygen atoms in total. The molecule has 1 heterocycles. The summed E-state index contributed by atoms with van der Waals surface area (Å²) in [6.07, 6.45) is 0.734. The molecule has 0 fully saturated rings. The number of hydrogen-bond donors (Lipinski definition) is 1. The summed E-state index contributed by atoms with van der Waals surface area (Å²) in [5.74, 6) is 0.767. The summed E-state index contributed by atoms with van der Waals surface area (Å²) in [6, 6.07) is 9.97. The van der Waals surface area contributed by atoms with Crippen molar-refractivity contribution in [2.75, 3.05) is 6.61 Å². The lowest BCUT2D eigenvalue weighted by Gasteiger charge is -2.06. The average molecular weight is 247 g/mol. The van der Waals surface area contributed by atoms with Gasteiger partial charge in [-0.1, -0.05) is 37.3 Å². The van der Waals surface area contributed by atoms with E-state index in [-0.39, 0.29) is 5.69 Å². The summed E-state index contributed by atoms with van der Waals surface area (Å²) in [6.45, 7) is 3.57. The van der Waals surface area contributed by atoms with Gasteiger partial charge in [0.05, 0.1) is 19.8 Å². The van der Waals surface area contributed by atoms with Crippen LogP contribution in [0.1, 0.15) is 18.3 Å². The highest BCUT2D eigenvalue weighted by Gasteiger charge is 2.05. The van der Waals surface area contributed by atoms with E-state index in [2.05, 4.69) is 10.2 Å². The van der Waals surface area contributed by atoms with E-state index in [1.54, 1.807) is 4.57 Å². The Morgan fingerprint density at radius 1 is 1.33 bits per heavy atom. The van der Waals surface area contributed by atoms with Crippen LogP contribution in [0.15, 0.2) is 35.1 Å². The Labute approximate surface area is 105 Å². The number of aromatic nitrogens is 3. The van der Waals surface area contributed by atoms with Crippen molar-refractivity contribution >= 4 is 0 Å². The van der Waals surface area contributed by atoms with Crippen molar-refractivity contribution in [3.63, 3.8) is 0 Å². The molecule has 1 N–H and O–H groups in total. The van der Waals surface area contributed by atoms with E-state index in [4.69, 9.17) is 4.74 Å². The molecular weight excluding hydrogens is 230 g/mol. The lowest BCUT2D eigenvalue weighted by molar-refractivity contribution is 0.112. The molecule has 0 spiro atoms. The minimum atomic E-state index is -0.171. The zero-order valence-electron chi connectivity index (χ0n) is 10.4. The highest BCUT2D eigenvalue weighted by molar-refractivity contribution is 5.13. The molecule has 0 saturated carbocycles. The van der Waals surface area contributed by atoms with E-state index < -0.39 is 0 Å². The predicted molar refractivity (Wildman–Crippen MR) is 68.3 cm³/mol. The Balaban J connectivity index is 1.82. The zero-order chi connectivity index (χ0) is 12.8. The summed E-state index contributed by atoms with van der Waals surface area (Å²) in [5, 5.41) is 6.39. The molecule has 2 rings (SSSR count). The molecule has 5 heteroatoms. The van der Waals surface area contributed by atoms with E-state index in [1.807, 2.05) is 37.3 Å². The maximum Gasteiger partial charge on any atom is 0.343 e. The molecule has 0 radical (unpaired) electrons. The van der Waals surface area contributed by atoms with Crippen molar-refractivity contribution < 1.29 is 4.74 Å². The fourth-order valence-electron chi connectivity index (χ4n) is 1.77. The molecule has 1 aromatic carbocycles. The van der Waals surface area contributed by atoms with Crippen LogP contribution in [0.2, 0.25) is 0 Å². The molecule has 0 aliphatic carbocycles. The number of benzene rings is 1. The van der Waals surface area contributed by atoms with Crippen LogP contribution in [-0.2, 0) is 24.3 Å². The van der Waals surface area contributed by atoms with E-state index in [0.29, 0.717) is 19.8 Å². The summed E-state index contributed by atoms with van der Waals surface area (Å²) < 4.78 is 7.16. The van der Waals surface area contributed by atoms with Crippen molar-refractivity contribution in [1.82, 2.24) is 14.8 Å². The first-order chi connectivity index (χ1) is 8.81. The highest BCUT2D eigenvalue weighted by atomic mass is 16.5. The van der Waals surface area contributed by atoms with Gasteiger partial charge < -0.3 is 4.74 Å². The van der Waals surface area contributed by atoms with Crippen LogP contribution >= 0.6 is 0 Å². The van der Waals surface area contributed by atoms with Crippen LogP contribution in [0.4, 0.5) is 0 Å². The molecule has 2 aromatic rings. The largest absolute Gasteiger partial charge is 0.375 e. The van der Waals surface area contributed by atoms with Gasteiger partial charge in [-0.25, -0.2) is 9.89 Å². The second-order valence-corrected chi connectivity index (χ2v) is 3.99. The monoisotopic (exact) mass is 247 g/mol. The summed E-state index contributed by atoms with van der Waals surface area (Å²) in [7, 11) is 0. The van der Waals surface area contributed by atoms with Crippen molar-refractivity contribution in [2.24, 2.45) is 0 Å². The summed E-state index contributed by atoms with van der Waals surface area (Å²) >= 11 is 0. The van der Waals surface area contributed by atoms with E-state index in [1.165, 1.54) is 0 Å². The predicted octanol–water partition coefficient (Wildman–Crippen LogP) is 1.35. The highest BCUT2D eigenvalue weighted by Crippen LogP contribution is 2.00. The van der Waals surface area contributed by atoms with Gasteiger partial charge in [-0.3, -0.25) is 4.57 Å². The van der Waals surface area contributed by atoms with E-state index in [0.717, 1.165) is 17.8 Å². The van der Waals surface area contributed by atoms with Crippen LogP contribution in [0.25, 0.3) is 0 Å². The van der Waals surface area contributed by atoms with Gasteiger partial charge in [0.15, 0.2) is 0 Å². The maximum atomic E-state index is 11.5. The van der Waals surface area contributed by atoms with E-state index >= 15 is 0 Å². The Morgan fingerprint density at radius 3 is 2.83 bits per heavy atom. The number of nitrogens with one attached hydrogen (secondary N) is 1. The van der Waals surface area contributed by atoms with Crippen LogP contribution in [0.3, 0.4) is 0 Å². The normalized spacial score (nSPS) is 10.7. The SMILES string of the molecule is CCc1n[nH]c(=O)n1CCOCc1ccccc1. The van der Waals surface area contributed by atoms with Crippen molar-refractivity contribution in [1.29, 1.82) is 0 Å². The third kappa shape index (κ3) is 3.07. The molecule has 0 aliphatic heterocycles. The number of ether oxygens (including phenoxy) is 1. The summed E-state index contributed by atoms with van der Waals surface area (Å²) in [5.41, 5.74) is 0.961. The van der Waals surface area contributed by atoms with Gasteiger partial charge in [0.25, 0.3) is 0 Å². The third-order valence-electron chi connectivity index (χ3n) is 2.72. The fraction of sp³-hybridized carbons (Fsp3) is 0.385. The molecular formula is C13H17N3O2. The number of aryl methyl sites for hydroxylation is 1. The minimum absolute atomic E-state index is 0.171. The van der Waals surface area contributed by atoms with Crippen LogP contribution in [0, 0.1) is 0 Å². The first-order valence-electron chi connectivity index (χ1n) is 6.07. The molecule has 96 valence electrons. The fourth-order valence-corrected chi connectivity index (χ4v) is 1.77. The quantitative estimate of drug-likeness (QED) is 0.784. The van der Waals surface area contributed by atoms with Crippen LogP contribution in [-0.4, -0.2) is 21.4 Å². The van der Waals surface area contributed by atoms with Crippen molar-refractivity contribution in [3.05, 3.63) is 52.2 Å². The Kier molecular flexibility index (Phi) is 4.30. The summed E-state index contributed by atoms with van der Waals surface area (Å²) in [4.78, 5) is 11.5. The third-order valence-corrected chi connectivity index (χ3v) is 2.72. The minimum Gasteiger partial charge on any atom is -0.375 e. The smallest absolute Gasteiger partial charge is 0.343 e. The number of nitrogens with zero attached hydrogens (tertiary/aromatic N) is 2. The zero-order valence-corrected chi connectivity index (χ0v) is 10.4. The second kappa shape index (κ2) is 6.16.